The van der Waals surface area contributed by atoms with E-state index >= 15 is 8.78 Å². The van der Waals surface area contributed by atoms with Gasteiger partial charge in [0.05, 0.1) is 75.4 Å². The molecule has 0 bridgehead atoms. The summed E-state index contributed by atoms with van der Waals surface area (Å²) in [5, 5.41) is 0.808. The number of benzene rings is 3. The van der Waals surface area contributed by atoms with Gasteiger partial charge >= 0.3 is 5.97 Å². The van der Waals surface area contributed by atoms with Crippen LogP contribution in [0, 0.1) is 23.4 Å². The van der Waals surface area contributed by atoms with E-state index in [9.17, 15) is 17.6 Å². The fraction of sp³-hybridized carbons (Fsp3) is 0.389. The summed E-state index contributed by atoms with van der Waals surface area (Å²) >= 11 is 7.31. The molecule has 0 amide bonds. The van der Waals surface area contributed by atoms with Crippen molar-refractivity contribution >= 4 is 39.2 Å². The zero-order chi connectivity index (χ0) is 37.0. The molecule has 1 aromatic heterocycles. The zero-order valence-corrected chi connectivity index (χ0v) is 31.5. The Kier molecular flexibility index (Phi) is 12.4. The van der Waals surface area contributed by atoms with E-state index in [0.717, 1.165) is 29.5 Å². The highest BCUT2D eigenvalue weighted by Crippen LogP contribution is 2.39. The van der Waals surface area contributed by atoms with Gasteiger partial charge in [0, 0.05) is 22.4 Å². The van der Waals surface area contributed by atoms with Crippen LogP contribution in [-0.4, -0.2) is 76.1 Å². The summed E-state index contributed by atoms with van der Waals surface area (Å²) in [5.74, 6) is -4.62. The van der Waals surface area contributed by atoms with Gasteiger partial charge < -0.3 is 14.0 Å². The van der Waals surface area contributed by atoms with Gasteiger partial charge in [0.1, 0.15) is 23.2 Å². The van der Waals surface area contributed by atoms with Crippen LogP contribution in [0.4, 0.5) is 13.2 Å². The van der Waals surface area contributed by atoms with Crippen LogP contribution in [0.15, 0.2) is 70.8 Å². The SMILES string of the molecule is COC(=O)[C@H](CCC[N+](C)(C)C)CS(=O)(=O)c1cc(F)c(CSc2ncc(C(C)(C)c3ccc(Cl)c(OC)c3)n2-c2ccc(F)cc2)c(F)c1. The molecule has 0 fully saturated rings. The summed E-state index contributed by atoms with van der Waals surface area (Å²) in [6.07, 6.45) is 2.44. The Balaban J connectivity index is 1.64. The van der Waals surface area contributed by atoms with Crippen LogP contribution in [-0.2, 0) is 30.5 Å². The number of carbonyl (C=O) groups is 1. The summed E-state index contributed by atoms with van der Waals surface area (Å²) in [7, 11) is 4.36. The summed E-state index contributed by atoms with van der Waals surface area (Å²) in [4.78, 5) is 16.5. The first kappa shape index (κ1) is 39.3. The Morgan fingerprint density at radius 1 is 1.02 bits per heavy atom. The maximum absolute atomic E-state index is 15.5. The third-order valence-electron chi connectivity index (χ3n) is 8.48. The van der Waals surface area contributed by atoms with Crippen LogP contribution < -0.4 is 4.74 Å². The maximum Gasteiger partial charge on any atom is 0.309 e. The van der Waals surface area contributed by atoms with Gasteiger partial charge in [-0.15, -0.1) is 0 Å². The van der Waals surface area contributed by atoms with E-state index in [1.807, 2.05) is 47.1 Å². The second-order valence-electron chi connectivity index (χ2n) is 13.5. The van der Waals surface area contributed by atoms with Gasteiger partial charge in [-0.05, 0) is 66.9 Å². The molecule has 0 aliphatic carbocycles. The summed E-state index contributed by atoms with van der Waals surface area (Å²) < 4.78 is 84.3. The van der Waals surface area contributed by atoms with Crippen molar-refractivity contribution in [2.45, 2.75) is 47.9 Å². The number of aromatic nitrogens is 2. The van der Waals surface area contributed by atoms with Crippen LogP contribution >= 0.6 is 23.4 Å². The summed E-state index contributed by atoms with van der Waals surface area (Å²) in [5.41, 5.74) is 1.06. The van der Waals surface area contributed by atoms with E-state index < -0.39 is 55.2 Å². The molecule has 0 aliphatic rings. The number of imidazole rings is 1. The topological polar surface area (TPSA) is 87.5 Å². The molecule has 0 spiro atoms. The van der Waals surface area contributed by atoms with Gasteiger partial charge in [-0.3, -0.25) is 9.36 Å². The average Bonchev–Trinajstić information content (AvgIpc) is 3.48. The molecular formula is C36H42ClF3N3O5S2+. The fourth-order valence-corrected chi connectivity index (χ4v) is 8.35. The van der Waals surface area contributed by atoms with Gasteiger partial charge in [0.15, 0.2) is 15.0 Å². The van der Waals surface area contributed by atoms with E-state index in [-0.39, 0.29) is 17.7 Å². The van der Waals surface area contributed by atoms with Crippen molar-refractivity contribution in [3.05, 3.63) is 100 Å². The lowest BCUT2D eigenvalue weighted by atomic mass is 9.81. The van der Waals surface area contributed by atoms with E-state index in [0.29, 0.717) is 44.8 Å². The predicted molar refractivity (Wildman–Crippen MR) is 189 cm³/mol. The van der Waals surface area contributed by atoms with E-state index in [4.69, 9.17) is 21.1 Å². The highest BCUT2D eigenvalue weighted by atomic mass is 35.5. The first-order valence-electron chi connectivity index (χ1n) is 15.8. The highest BCUT2D eigenvalue weighted by Gasteiger charge is 2.32. The number of hydrogen-bond acceptors (Lipinski definition) is 7. The Morgan fingerprint density at radius 2 is 1.66 bits per heavy atom. The van der Waals surface area contributed by atoms with Crippen molar-refractivity contribution in [1.29, 1.82) is 0 Å². The number of quaternary nitrogens is 1. The molecule has 0 unspecified atom stereocenters. The quantitative estimate of drug-likeness (QED) is 0.0702. The van der Waals surface area contributed by atoms with Gasteiger partial charge in [0.2, 0.25) is 0 Å². The number of ether oxygens (including phenoxy) is 2. The van der Waals surface area contributed by atoms with Crippen molar-refractivity contribution in [3.8, 4) is 11.4 Å². The number of esters is 1. The van der Waals surface area contributed by atoms with E-state index in [2.05, 4.69) is 4.98 Å². The fourth-order valence-electron chi connectivity index (χ4n) is 5.56. The second kappa shape index (κ2) is 15.8. The third kappa shape index (κ3) is 9.22. The van der Waals surface area contributed by atoms with Gasteiger partial charge in [-0.25, -0.2) is 26.6 Å². The van der Waals surface area contributed by atoms with Crippen molar-refractivity contribution < 1.29 is 40.3 Å². The number of halogens is 4. The molecule has 3 aromatic carbocycles. The number of nitrogens with zero attached hydrogens (tertiary/aromatic N) is 3. The molecule has 4 aromatic rings. The molecule has 0 N–H and O–H groups in total. The van der Waals surface area contributed by atoms with E-state index in [1.54, 1.807) is 29.0 Å². The molecule has 50 heavy (non-hydrogen) atoms. The minimum absolute atomic E-state index is 0.235. The molecule has 0 aliphatic heterocycles. The predicted octanol–water partition coefficient (Wildman–Crippen LogP) is 7.62. The van der Waals surface area contributed by atoms with Crippen LogP contribution in [0.3, 0.4) is 0 Å². The third-order valence-corrected chi connectivity index (χ3v) is 11.6. The standard InChI is InChI=1S/C36H42ClF3N3O5S2/c1-36(2,24-10-15-29(37)32(17-24)47-6)33-20-41-35(42(33)26-13-11-25(38)12-14-26)49-21-28-30(39)18-27(19-31(28)40)50(45,46)22-23(34(44)48-7)9-8-16-43(3,4)5/h10-15,17-20,23H,8-9,16,21-22H2,1-7H3/q+1/t23-/m1/s1. The molecule has 8 nitrogen and oxygen atoms in total. The van der Waals surface area contributed by atoms with Crippen molar-refractivity contribution in [1.82, 2.24) is 9.55 Å². The summed E-state index contributed by atoms with van der Waals surface area (Å²) in [6.45, 7) is 4.62. The summed E-state index contributed by atoms with van der Waals surface area (Å²) in [6, 6.07) is 12.7. The number of thioether (sulfide) groups is 1. The Bertz CT molecular complexity index is 1920. The smallest absolute Gasteiger partial charge is 0.309 e. The lowest BCUT2D eigenvalue weighted by Crippen LogP contribution is -2.36. The largest absolute Gasteiger partial charge is 0.495 e. The number of sulfone groups is 1. The minimum atomic E-state index is -4.26. The van der Waals surface area contributed by atoms with Crippen molar-refractivity contribution in [2.24, 2.45) is 5.92 Å². The molecule has 0 saturated carbocycles. The molecular weight excluding hydrogens is 711 g/mol. The normalized spacial score (nSPS) is 12.9. The molecule has 0 radical (unpaired) electrons. The molecule has 0 saturated heterocycles. The van der Waals surface area contributed by atoms with Crippen molar-refractivity contribution in [3.63, 3.8) is 0 Å². The maximum atomic E-state index is 15.5. The number of methoxy groups -OCH3 is 2. The first-order chi connectivity index (χ1) is 23.4. The molecule has 14 heteroatoms. The van der Waals surface area contributed by atoms with Gasteiger partial charge in [-0.1, -0.05) is 43.3 Å². The first-order valence-corrected chi connectivity index (χ1v) is 18.8. The molecule has 270 valence electrons. The van der Waals surface area contributed by atoms with Crippen LogP contribution in [0.2, 0.25) is 5.02 Å². The van der Waals surface area contributed by atoms with Crippen molar-refractivity contribution in [2.75, 3.05) is 47.7 Å². The van der Waals surface area contributed by atoms with Crippen LogP contribution in [0.25, 0.3) is 5.69 Å². The minimum Gasteiger partial charge on any atom is -0.495 e. The van der Waals surface area contributed by atoms with Crippen LogP contribution in [0.1, 0.15) is 43.5 Å². The lowest BCUT2D eigenvalue weighted by molar-refractivity contribution is -0.870. The lowest BCUT2D eigenvalue weighted by Gasteiger charge is -2.28. The van der Waals surface area contributed by atoms with Crippen LogP contribution in [0.5, 0.6) is 5.75 Å². The Hall–Kier alpha value is -3.52. The monoisotopic (exact) mass is 752 g/mol. The zero-order valence-electron chi connectivity index (χ0n) is 29.1. The highest BCUT2D eigenvalue weighted by molar-refractivity contribution is 7.98. The Labute approximate surface area is 301 Å². The molecule has 1 heterocycles. The van der Waals surface area contributed by atoms with E-state index in [1.165, 1.54) is 26.4 Å². The molecule has 1 atom stereocenters. The Morgan fingerprint density at radius 3 is 2.24 bits per heavy atom. The molecule has 4 rings (SSSR count). The number of carbonyl (C=O) groups excluding carboxylic acids is 1. The van der Waals surface area contributed by atoms with Gasteiger partial charge in [0.25, 0.3) is 0 Å². The average molecular weight is 753 g/mol. The number of hydrogen-bond donors (Lipinski definition) is 0. The van der Waals surface area contributed by atoms with Gasteiger partial charge in [-0.2, -0.15) is 0 Å². The second-order valence-corrected chi connectivity index (χ2v) is 16.9. The number of rotatable bonds is 15.